The summed E-state index contributed by atoms with van der Waals surface area (Å²) in [7, 11) is 0. The van der Waals surface area contributed by atoms with Crippen LogP contribution in [0, 0.1) is 5.92 Å². The Balaban J connectivity index is 2.08. The van der Waals surface area contributed by atoms with Gasteiger partial charge >= 0.3 is 0 Å². The monoisotopic (exact) mass is 263 g/mol. The molecule has 0 radical (unpaired) electrons. The molecule has 1 saturated heterocycles. The zero-order valence-electron chi connectivity index (χ0n) is 12.0. The van der Waals surface area contributed by atoms with E-state index in [4.69, 9.17) is 5.73 Å². The van der Waals surface area contributed by atoms with E-state index in [2.05, 4.69) is 34.0 Å². The fourth-order valence-corrected chi connectivity index (χ4v) is 2.46. The number of rotatable bonds is 5. The Kier molecular flexibility index (Phi) is 4.96. The number of piperidine rings is 1. The molecule has 19 heavy (non-hydrogen) atoms. The molecule has 3 N–H and O–H groups in total. The average Bonchev–Trinajstić information content (AvgIpc) is 2.45. The zero-order chi connectivity index (χ0) is 13.7. The highest BCUT2D eigenvalue weighted by Gasteiger charge is 2.22. The van der Waals surface area contributed by atoms with Gasteiger partial charge in [0.15, 0.2) is 0 Å². The summed E-state index contributed by atoms with van der Waals surface area (Å²) in [6, 6.07) is 2.46. The molecule has 5 nitrogen and oxygen atoms in total. The Morgan fingerprint density at radius 3 is 3.00 bits per heavy atom. The van der Waals surface area contributed by atoms with Crippen molar-refractivity contribution in [1.82, 2.24) is 9.97 Å². The summed E-state index contributed by atoms with van der Waals surface area (Å²) in [6.45, 7) is 7.03. The van der Waals surface area contributed by atoms with Gasteiger partial charge in [-0.05, 0) is 25.2 Å². The summed E-state index contributed by atoms with van der Waals surface area (Å²) in [5.74, 6) is 2.50. The second-order valence-corrected chi connectivity index (χ2v) is 5.61. The molecular weight excluding hydrogens is 238 g/mol. The first-order chi connectivity index (χ1) is 9.20. The lowest BCUT2D eigenvalue weighted by molar-refractivity contribution is 0.462. The van der Waals surface area contributed by atoms with Gasteiger partial charge in [0.1, 0.15) is 18.0 Å². The smallest absolute Gasteiger partial charge is 0.134 e. The number of hydrogen-bond donors (Lipinski definition) is 2. The van der Waals surface area contributed by atoms with Gasteiger partial charge < -0.3 is 16.0 Å². The summed E-state index contributed by atoms with van der Waals surface area (Å²) in [6.07, 6.45) is 5.28. The molecule has 1 aromatic rings. The van der Waals surface area contributed by atoms with E-state index < -0.39 is 0 Å². The summed E-state index contributed by atoms with van der Waals surface area (Å²) >= 11 is 0. The van der Waals surface area contributed by atoms with E-state index in [-0.39, 0.29) is 0 Å². The van der Waals surface area contributed by atoms with Crippen LogP contribution in [0.3, 0.4) is 0 Å². The lowest BCUT2D eigenvalue weighted by Gasteiger charge is -2.36. The van der Waals surface area contributed by atoms with Crippen LogP contribution in [0.4, 0.5) is 11.6 Å². The Hall–Kier alpha value is -1.36. The Morgan fingerprint density at radius 2 is 2.26 bits per heavy atom. The van der Waals surface area contributed by atoms with E-state index in [1.165, 1.54) is 12.8 Å². The molecule has 1 aromatic heterocycles. The van der Waals surface area contributed by atoms with E-state index >= 15 is 0 Å². The molecule has 2 rings (SSSR count). The Bertz CT molecular complexity index is 393. The van der Waals surface area contributed by atoms with Gasteiger partial charge in [0, 0.05) is 31.7 Å². The summed E-state index contributed by atoms with van der Waals surface area (Å²) in [5.41, 5.74) is 5.87. The molecule has 1 aliphatic rings. The molecule has 0 aliphatic carbocycles. The number of nitrogens with one attached hydrogen (secondary N) is 1. The van der Waals surface area contributed by atoms with Crippen LogP contribution in [0.2, 0.25) is 0 Å². The second-order valence-electron chi connectivity index (χ2n) is 5.61. The lowest BCUT2D eigenvalue weighted by Crippen LogP contribution is -2.44. The van der Waals surface area contributed by atoms with E-state index in [9.17, 15) is 0 Å². The topological polar surface area (TPSA) is 67.1 Å². The van der Waals surface area contributed by atoms with Gasteiger partial charge in [-0.15, -0.1) is 0 Å². The van der Waals surface area contributed by atoms with Crippen LogP contribution in [0.25, 0.3) is 0 Å². The van der Waals surface area contributed by atoms with Gasteiger partial charge in [0.2, 0.25) is 0 Å². The number of anilines is 2. The van der Waals surface area contributed by atoms with E-state index in [1.54, 1.807) is 6.33 Å². The largest absolute Gasteiger partial charge is 0.370 e. The van der Waals surface area contributed by atoms with Crippen molar-refractivity contribution in [2.45, 2.75) is 39.2 Å². The molecule has 5 heteroatoms. The third-order valence-electron chi connectivity index (χ3n) is 3.54. The van der Waals surface area contributed by atoms with Gasteiger partial charge in [-0.25, -0.2) is 9.97 Å². The predicted octanol–water partition coefficient (Wildman–Crippen LogP) is 1.86. The first-order valence-corrected chi connectivity index (χ1v) is 7.23. The van der Waals surface area contributed by atoms with Crippen LogP contribution in [0.5, 0.6) is 0 Å². The van der Waals surface area contributed by atoms with Crippen LogP contribution < -0.4 is 16.0 Å². The fraction of sp³-hybridized carbons (Fsp3) is 0.714. The SMILES string of the molecule is CC(C)CNc1cc(N2CCCCC2CN)ncn1. The minimum atomic E-state index is 0.418. The summed E-state index contributed by atoms with van der Waals surface area (Å²) < 4.78 is 0. The van der Waals surface area contributed by atoms with Gasteiger partial charge in [0.25, 0.3) is 0 Å². The van der Waals surface area contributed by atoms with E-state index in [0.29, 0.717) is 18.5 Å². The van der Waals surface area contributed by atoms with Crippen molar-refractivity contribution in [3.8, 4) is 0 Å². The molecule has 1 unspecified atom stereocenters. The van der Waals surface area contributed by atoms with Crippen molar-refractivity contribution in [1.29, 1.82) is 0 Å². The minimum absolute atomic E-state index is 0.418. The van der Waals surface area contributed by atoms with Crippen molar-refractivity contribution in [3.63, 3.8) is 0 Å². The van der Waals surface area contributed by atoms with E-state index in [0.717, 1.165) is 31.1 Å². The minimum Gasteiger partial charge on any atom is -0.370 e. The molecule has 106 valence electrons. The molecular formula is C14H25N5. The van der Waals surface area contributed by atoms with Crippen molar-refractivity contribution >= 4 is 11.6 Å². The molecule has 1 atom stereocenters. The van der Waals surface area contributed by atoms with E-state index in [1.807, 2.05) is 6.07 Å². The van der Waals surface area contributed by atoms with Crippen LogP contribution in [0.15, 0.2) is 12.4 Å². The molecule has 2 heterocycles. The van der Waals surface area contributed by atoms with Gasteiger partial charge in [-0.2, -0.15) is 0 Å². The van der Waals surface area contributed by atoms with Gasteiger partial charge in [-0.3, -0.25) is 0 Å². The maximum absolute atomic E-state index is 5.87. The van der Waals surface area contributed by atoms with Crippen LogP contribution >= 0.6 is 0 Å². The highest BCUT2D eigenvalue weighted by Crippen LogP contribution is 2.23. The fourth-order valence-electron chi connectivity index (χ4n) is 2.46. The van der Waals surface area contributed by atoms with Crippen molar-refractivity contribution in [2.24, 2.45) is 11.7 Å². The van der Waals surface area contributed by atoms with Crippen LogP contribution in [-0.4, -0.2) is 35.6 Å². The highest BCUT2D eigenvalue weighted by molar-refractivity contribution is 5.49. The third kappa shape index (κ3) is 3.80. The number of nitrogens with zero attached hydrogens (tertiary/aromatic N) is 3. The predicted molar refractivity (Wildman–Crippen MR) is 79.4 cm³/mol. The van der Waals surface area contributed by atoms with Crippen LogP contribution in [-0.2, 0) is 0 Å². The molecule has 0 spiro atoms. The standard InChI is InChI=1S/C14H25N5/c1-11(2)9-16-13-7-14(18-10-17-13)19-6-4-3-5-12(19)8-15/h7,10-12H,3-6,8-9,15H2,1-2H3,(H,16,17,18). The quantitative estimate of drug-likeness (QED) is 0.849. The van der Waals surface area contributed by atoms with Gasteiger partial charge in [-0.1, -0.05) is 13.8 Å². The summed E-state index contributed by atoms with van der Waals surface area (Å²) in [4.78, 5) is 11.0. The summed E-state index contributed by atoms with van der Waals surface area (Å²) in [5, 5.41) is 3.35. The lowest BCUT2D eigenvalue weighted by atomic mass is 10.0. The Morgan fingerprint density at radius 1 is 1.42 bits per heavy atom. The first kappa shape index (κ1) is 14.1. The second kappa shape index (κ2) is 6.70. The number of hydrogen-bond acceptors (Lipinski definition) is 5. The van der Waals surface area contributed by atoms with Crippen molar-refractivity contribution in [2.75, 3.05) is 29.9 Å². The average molecular weight is 263 g/mol. The molecule has 0 bridgehead atoms. The number of aromatic nitrogens is 2. The highest BCUT2D eigenvalue weighted by atomic mass is 15.2. The molecule has 1 aliphatic heterocycles. The first-order valence-electron chi connectivity index (χ1n) is 7.23. The van der Waals surface area contributed by atoms with Crippen molar-refractivity contribution < 1.29 is 0 Å². The normalized spacial score (nSPS) is 19.8. The molecule has 1 fully saturated rings. The van der Waals surface area contributed by atoms with Crippen LogP contribution in [0.1, 0.15) is 33.1 Å². The number of nitrogens with two attached hydrogens (primary N) is 1. The maximum Gasteiger partial charge on any atom is 0.134 e. The molecule has 0 aromatic carbocycles. The van der Waals surface area contributed by atoms with Gasteiger partial charge in [0.05, 0.1) is 0 Å². The maximum atomic E-state index is 5.87. The Labute approximate surface area is 115 Å². The van der Waals surface area contributed by atoms with Crippen molar-refractivity contribution in [3.05, 3.63) is 12.4 Å². The third-order valence-corrected chi connectivity index (χ3v) is 3.54. The molecule has 0 amide bonds. The zero-order valence-corrected chi connectivity index (χ0v) is 12.0. The molecule has 0 saturated carbocycles.